The first-order valence-electron chi connectivity index (χ1n) is 5.93. The molecule has 19 heavy (non-hydrogen) atoms. The molecule has 0 atom stereocenters. The largest absolute Gasteiger partial charge is 0.508 e. The molecule has 2 rings (SSSR count). The Morgan fingerprint density at radius 1 is 1.11 bits per heavy atom. The van der Waals surface area contributed by atoms with E-state index in [0.29, 0.717) is 5.56 Å². The van der Waals surface area contributed by atoms with Crippen molar-refractivity contribution in [3.05, 3.63) is 65.5 Å². The van der Waals surface area contributed by atoms with Gasteiger partial charge in [-0.3, -0.25) is 4.79 Å². The third kappa shape index (κ3) is 3.81. The zero-order valence-corrected chi connectivity index (χ0v) is 10.3. The molecular weight excluding hydrogens is 245 g/mol. The molecule has 0 aromatic heterocycles. The van der Waals surface area contributed by atoms with Crippen LogP contribution in [0.4, 0.5) is 4.39 Å². The van der Waals surface area contributed by atoms with Gasteiger partial charge >= 0.3 is 0 Å². The maximum atomic E-state index is 13.3. The summed E-state index contributed by atoms with van der Waals surface area (Å²) in [7, 11) is 0. The van der Waals surface area contributed by atoms with Crippen molar-refractivity contribution in [3.8, 4) is 5.75 Å². The van der Waals surface area contributed by atoms with Crippen LogP contribution in [-0.2, 0) is 17.8 Å². The highest BCUT2D eigenvalue weighted by molar-refractivity contribution is 5.78. The van der Waals surface area contributed by atoms with Gasteiger partial charge in [-0.1, -0.05) is 30.3 Å². The van der Waals surface area contributed by atoms with Crippen LogP contribution in [0.2, 0.25) is 0 Å². The molecule has 0 unspecified atom stereocenters. The van der Waals surface area contributed by atoms with Gasteiger partial charge in [-0.25, -0.2) is 4.39 Å². The van der Waals surface area contributed by atoms with Crippen LogP contribution in [-0.4, -0.2) is 11.0 Å². The number of rotatable bonds is 4. The van der Waals surface area contributed by atoms with Crippen LogP contribution in [0.15, 0.2) is 48.5 Å². The molecule has 4 heteroatoms. The quantitative estimate of drug-likeness (QED) is 0.885. The molecular formula is C15H14FNO2. The molecule has 0 aliphatic rings. The van der Waals surface area contributed by atoms with Crippen LogP contribution in [0.1, 0.15) is 11.1 Å². The van der Waals surface area contributed by atoms with E-state index in [4.69, 9.17) is 5.11 Å². The van der Waals surface area contributed by atoms with Crippen molar-refractivity contribution in [1.29, 1.82) is 0 Å². The summed E-state index contributed by atoms with van der Waals surface area (Å²) in [6.07, 6.45) is 0.203. The van der Waals surface area contributed by atoms with Gasteiger partial charge in [0.15, 0.2) is 0 Å². The molecule has 2 N–H and O–H groups in total. The highest BCUT2D eigenvalue weighted by Crippen LogP contribution is 2.10. The predicted molar refractivity (Wildman–Crippen MR) is 70.1 cm³/mol. The fraction of sp³-hybridized carbons (Fsp3) is 0.133. The normalized spacial score (nSPS) is 10.2. The molecule has 2 aromatic rings. The summed E-state index contributed by atoms with van der Waals surface area (Å²) < 4.78 is 13.3. The van der Waals surface area contributed by atoms with E-state index < -0.39 is 0 Å². The molecule has 98 valence electrons. The summed E-state index contributed by atoms with van der Waals surface area (Å²) in [4.78, 5) is 11.7. The molecule has 0 saturated heterocycles. The highest BCUT2D eigenvalue weighted by atomic mass is 19.1. The lowest BCUT2D eigenvalue weighted by molar-refractivity contribution is -0.120. The summed E-state index contributed by atoms with van der Waals surface area (Å²) in [5, 5.41) is 11.8. The van der Waals surface area contributed by atoms with Gasteiger partial charge in [-0.15, -0.1) is 0 Å². The average molecular weight is 259 g/mol. The van der Waals surface area contributed by atoms with Crippen LogP contribution in [0.25, 0.3) is 0 Å². The zero-order chi connectivity index (χ0) is 13.7. The summed E-state index contributed by atoms with van der Waals surface area (Å²) in [5.41, 5.74) is 1.25. The number of amides is 1. The number of carbonyl (C=O) groups excluding carboxylic acids is 1. The Kier molecular flexibility index (Phi) is 4.13. The predicted octanol–water partition coefficient (Wildman–Crippen LogP) is 2.39. The highest BCUT2D eigenvalue weighted by Gasteiger charge is 2.05. The smallest absolute Gasteiger partial charge is 0.224 e. The lowest BCUT2D eigenvalue weighted by Gasteiger charge is -2.06. The van der Waals surface area contributed by atoms with E-state index in [2.05, 4.69) is 5.32 Å². The fourth-order valence-electron chi connectivity index (χ4n) is 1.70. The number of halogens is 1. The van der Waals surface area contributed by atoms with Gasteiger partial charge in [0.25, 0.3) is 0 Å². The van der Waals surface area contributed by atoms with E-state index in [1.165, 1.54) is 18.2 Å². The molecule has 0 bridgehead atoms. The molecule has 0 aliphatic heterocycles. The molecule has 0 radical (unpaired) electrons. The molecule has 2 aromatic carbocycles. The Hall–Kier alpha value is -2.36. The van der Waals surface area contributed by atoms with Crippen molar-refractivity contribution >= 4 is 5.91 Å². The summed E-state index contributed by atoms with van der Waals surface area (Å²) in [6.45, 7) is 0.170. The minimum Gasteiger partial charge on any atom is -0.508 e. The maximum Gasteiger partial charge on any atom is 0.224 e. The van der Waals surface area contributed by atoms with Crippen molar-refractivity contribution in [2.45, 2.75) is 13.0 Å². The van der Waals surface area contributed by atoms with Crippen LogP contribution in [0.5, 0.6) is 5.75 Å². The van der Waals surface area contributed by atoms with E-state index in [0.717, 1.165) is 5.56 Å². The van der Waals surface area contributed by atoms with Crippen LogP contribution in [0, 0.1) is 5.82 Å². The topological polar surface area (TPSA) is 49.3 Å². The SMILES string of the molecule is O=C(Cc1ccc(O)cc1)NCc1ccccc1F. The fourth-order valence-corrected chi connectivity index (χ4v) is 1.70. The second-order valence-corrected chi connectivity index (χ2v) is 4.21. The third-order valence-corrected chi connectivity index (χ3v) is 2.73. The molecule has 0 spiro atoms. The van der Waals surface area contributed by atoms with Crippen molar-refractivity contribution in [1.82, 2.24) is 5.32 Å². The monoisotopic (exact) mass is 259 g/mol. The van der Waals surface area contributed by atoms with Crippen LogP contribution in [0.3, 0.4) is 0 Å². The van der Waals surface area contributed by atoms with Gasteiger partial charge in [-0.2, -0.15) is 0 Å². The number of nitrogens with one attached hydrogen (secondary N) is 1. The number of hydrogen-bond acceptors (Lipinski definition) is 2. The minimum atomic E-state index is -0.326. The minimum absolute atomic E-state index is 0.163. The third-order valence-electron chi connectivity index (χ3n) is 2.73. The molecule has 0 saturated carbocycles. The summed E-state index contributed by atoms with van der Waals surface area (Å²) in [6, 6.07) is 12.7. The van der Waals surface area contributed by atoms with E-state index in [1.807, 2.05) is 0 Å². The van der Waals surface area contributed by atoms with Gasteiger partial charge in [0.2, 0.25) is 5.91 Å². The van der Waals surface area contributed by atoms with E-state index >= 15 is 0 Å². The van der Waals surface area contributed by atoms with Gasteiger partial charge in [-0.05, 0) is 23.8 Å². The second-order valence-electron chi connectivity index (χ2n) is 4.21. The Bertz CT molecular complexity index is 567. The lowest BCUT2D eigenvalue weighted by Crippen LogP contribution is -2.24. The van der Waals surface area contributed by atoms with Crippen molar-refractivity contribution in [3.63, 3.8) is 0 Å². The molecule has 0 fully saturated rings. The van der Waals surface area contributed by atoms with Crippen LogP contribution < -0.4 is 5.32 Å². The number of benzene rings is 2. The van der Waals surface area contributed by atoms with Crippen molar-refractivity contribution < 1.29 is 14.3 Å². The maximum absolute atomic E-state index is 13.3. The van der Waals surface area contributed by atoms with Crippen molar-refractivity contribution in [2.24, 2.45) is 0 Å². The second kappa shape index (κ2) is 6.00. The van der Waals surface area contributed by atoms with Gasteiger partial charge in [0, 0.05) is 12.1 Å². The summed E-state index contributed by atoms with van der Waals surface area (Å²) >= 11 is 0. The van der Waals surface area contributed by atoms with Gasteiger partial charge in [0.05, 0.1) is 6.42 Å². The first kappa shape index (κ1) is 13.1. The average Bonchev–Trinajstić information content (AvgIpc) is 2.40. The zero-order valence-electron chi connectivity index (χ0n) is 10.3. The van der Waals surface area contributed by atoms with E-state index in [-0.39, 0.29) is 30.4 Å². The van der Waals surface area contributed by atoms with Gasteiger partial charge < -0.3 is 10.4 Å². The lowest BCUT2D eigenvalue weighted by atomic mass is 10.1. The number of phenols is 1. The standard InChI is InChI=1S/C15H14FNO2/c16-14-4-2-1-3-12(14)10-17-15(19)9-11-5-7-13(18)8-6-11/h1-8,18H,9-10H2,(H,17,19). The van der Waals surface area contributed by atoms with Crippen molar-refractivity contribution in [2.75, 3.05) is 0 Å². The Labute approximate surface area is 110 Å². The molecule has 1 amide bonds. The number of phenolic OH excluding ortho intramolecular Hbond substituents is 1. The van der Waals surface area contributed by atoms with E-state index in [9.17, 15) is 9.18 Å². The Morgan fingerprint density at radius 3 is 2.47 bits per heavy atom. The molecule has 0 aliphatic carbocycles. The first-order valence-corrected chi connectivity index (χ1v) is 5.93. The number of hydrogen-bond donors (Lipinski definition) is 2. The Morgan fingerprint density at radius 2 is 1.79 bits per heavy atom. The molecule has 0 heterocycles. The molecule has 3 nitrogen and oxygen atoms in total. The van der Waals surface area contributed by atoms with E-state index in [1.54, 1.807) is 30.3 Å². The Balaban J connectivity index is 1.88. The van der Waals surface area contributed by atoms with Crippen LogP contribution >= 0.6 is 0 Å². The van der Waals surface area contributed by atoms with Gasteiger partial charge in [0.1, 0.15) is 11.6 Å². The summed E-state index contributed by atoms with van der Waals surface area (Å²) in [5.74, 6) is -0.350. The number of carbonyl (C=O) groups is 1. The number of aromatic hydroxyl groups is 1. The first-order chi connectivity index (χ1) is 9.15.